The van der Waals surface area contributed by atoms with Gasteiger partial charge >= 0.3 is 0 Å². The van der Waals surface area contributed by atoms with Gasteiger partial charge in [-0.15, -0.1) is 0 Å². The number of halogens is 2. The van der Waals surface area contributed by atoms with Gasteiger partial charge in [0.25, 0.3) is 0 Å². The maximum Gasteiger partial charge on any atom is 0.147 e. The van der Waals surface area contributed by atoms with Gasteiger partial charge in [0.15, 0.2) is 0 Å². The molecule has 0 spiro atoms. The summed E-state index contributed by atoms with van der Waals surface area (Å²) in [5.41, 5.74) is 1.67. The number of morpholine rings is 1. The first kappa shape index (κ1) is 10.9. The van der Waals surface area contributed by atoms with Crippen molar-refractivity contribution in [2.45, 2.75) is 6.92 Å². The molecule has 0 bridgehead atoms. The molecular formula is C11H13BrFNO. The first-order valence-electron chi connectivity index (χ1n) is 4.97. The molecule has 1 fully saturated rings. The standard InChI is InChI=1S/C11H13BrFNO/c1-8-6-9(12)7-10(13)11(8)14-2-4-15-5-3-14/h6-7H,2-5H2,1H3. The van der Waals surface area contributed by atoms with Crippen molar-refractivity contribution >= 4 is 21.6 Å². The van der Waals surface area contributed by atoms with Gasteiger partial charge in [0.05, 0.1) is 18.9 Å². The van der Waals surface area contributed by atoms with Crippen LogP contribution in [0, 0.1) is 12.7 Å². The average Bonchev–Trinajstić information content (AvgIpc) is 2.17. The Morgan fingerprint density at radius 1 is 1.33 bits per heavy atom. The molecule has 1 aromatic rings. The van der Waals surface area contributed by atoms with E-state index in [1.54, 1.807) is 0 Å². The minimum absolute atomic E-state index is 0.163. The number of ether oxygens (including phenoxy) is 1. The van der Waals surface area contributed by atoms with Crippen LogP contribution in [0.15, 0.2) is 16.6 Å². The lowest BCUT2D eigenvalue weighted by molar-refractivity contribution is 0.122. The smallest absolute Gasteiger partial charge is 0.147 e. The molecule has 1 aliphatic heterocycles. The Kier molecular flexibility index (Phi) is 3.26. The quantitative estimate of drug-likeness (QED) is 0.780. The predicted octanol–water partition coefficient (Wildman–Crippen LogP) is 2.73. The Labute approximate surface area is 97.2 Å². The summed E-state index contributed by atoms with van der Waals surface area (Å²) in [5, 5.41) is 0. The van der Waals surface area contributed by atoms with E-state index >= 15 is 0 Å². The van der Waals surface area contributed by atoms with E-state index in [4.69, 9.17) is 4.74 Å². The maximum atomic E-state index is 13.8. The van der Waals surface area contributed by atoms with Crippen molar-refractivity contribution in [3.8, 4) is 0 Å². The third-order valence-electron chi connectivity index (χ3n) is 2.55. The van der Waals surface area contributed by atoms with Gasteiger partial charge < -0.3 is 9.64 Å². The summed E-state index contributed by atoms with van der Waals surface area (Å²) in [5.74, 6) is -0.163. The number of aryl methyl sites for hydroxylation is 1. The van der Waals surface area contributed by atoms with Crippen LogP contribution in [0.4, 0.5) is 10.1 Å². The van der Waals surface area contributed by atoms with Crippen molar-refractivity contribution in [2.75, 3.05) is 31.2 Å². The predicted molar refractivity (Wildman–Crippen MR) is 61.9 cm³/mol. The molecule has 1 aliphatic rings. The average molecular weight is 274 g/mol. The molecule has 0 unspecified atom stereocenters. The Bertz CT molecular complexity index is 341. The second-order valence-corrected chi connectivity index (χ2v) is 4.57. The summed E-state index contributed by atoms with van der Waals surface area (Å²) in [6, 6.07) is 3.45. The molecule has 82 valence electrons. The van der Waals surface area contributed by atoms with Gasteiger partial charge in [-0.3, -0.25) is 0 Å². The highest BCUT2D eigenvalue weighted by atomic mass is 79.9. The van der Waals surface area contributed by atoms with Gasteiger partial charge in [-0.1, -0.05) is 15.9 Å². The van der Waals surface area contributed by atoms with Crippen LogP contribution in [0.1, 0.15) is 5.56 Å². The molecule has 0 aromatic heterocycles. The molecule has 1 saturated heterocycles. The van der Waals surface area contributed by atoms with Crippen LogP contribution in [0.3, 0.4) is 0 Å². The minimum Gasteiger partial charge on any atom is -0.378 e. The van der Waals surface area contributed by atoms with Crippen molar-refractivity contribution in [3.05, 3.63) is 28.0 Å². The van der Waals surface area contributed by atoms with E-state index in [1.165, 1.54) is 6.07 Å². The van der Waals surface area contributed by atoms with Gasteiger partial charge in [0.2, 0.25) is 0 Å². The first-order chi connectivity index (χ1) is 7.18. The molecule has 2 nitrogen and oxygen atoms in total. The van der Waals surface area contributed by atoms with E-state index < -0.39 is 0 Å². The van der Waals surface area contributed by atoms with Crippen LogP contribution in [0.5, 0.6) is 0 Å². The Balaban J connectivity index is 2.33. The van der Waals surface area contributed by atoms with Crippen LogP contribution in [-0.2, 0) is 4.74 Å². The maximum absolute atomic E-state index is 13.8. The van der Waals surface area contributed by atoms with Crippen molar-refractivity contribution in [1.29, 1.82) is 0 Å². The molecule has 4 heteroatoms. The third kappa shape index (κ3) is 2.32. The van der Waals surface area contributed by atoms with E-state index in [1.807, 2.05) is 17.9 Å². The number of anilines is 1. The van der Waals surface area contributed by atoms with Crippen LogP contribution in [0.25, 0.3) is 0 Å². The molecule has 2 rings (SSSR count). The molecule has 0 aliphatic carbocycles. The summed E-state index contributed by atoms with van der Waals surface area (Å²) in [6.45, 7) is 4.81. The van der Waals surface area contributed by atoms with E-state index in [0.29, 0.717) is 18.9 Å². The van der Waals surface area contributed by atoms with Gasteiger partial charge in [-0.25, -0.2) is 4.39 Å². The van der Waals surface area contributed by atoms with E-state index in [0.717, 1.165) is 23.1 Å². The number of rotatable bonds is 1. The van der Waals surface area contributed by atoms with Crippen molar-refractivity contribution in [3.63, 3.8) is 0 Å². The number of nitrogens with zero attached hydrogens (tertiary/aromatic N) is 1. The van der Waals surface area contributed by atoms with Crippen LogP contribution < -0.4 is 4.90 Å². The number of benzene rings is 1. The molecule has 0 saturated carbocycles. The van der Waals surface area contributed by atoms with Crippen molar-refractivity contribution in [2.24, 2.45) is 0 Å². The summed E-state index contributed by atoms with van der Waals surface area (Å²) in [4.78, 5) is 2.04. The molecule has 1 heterocycles. The topological polar surface area (TPSA) is 12.5 Å². The summed E-state index contributed by atoms with van der Waals surface area (Å²) in [7, 11) is 0. The van der Waals surface area contributed by atoms with E-state index in [-0.39, 0.29) is 5.82 Å². The summed E-state index contributed by atoms with van der Waals surface area (Å²) < 4.78 is 19.8. The van der Waals surface area contributed by atoms with E-state index in [9.17, 15) is 4.39 Å². The lowest BCUT2D eigenvalue weighted by Crippen LogP contribution is -2.37. The molecule has 0 amide bonds. The molecule has 0 radical (unpaired) electrons. The Morgan fingerprint density at radius 3 is 2.60 bits per heavy atom. The fraction of sp³-hybridized carbons (Fsp3) is 0.455. The van der Waals surface area contributed by atoms with Crippen LogP contribution in [0.2, 0.25) is 0 Å². The molecular weight excluding hydrogens is 261 g/mol. The van der Waals surface area contributed by atoms with Crippen LogP contribution in [-0.4, -0.2) is 26.3 Å². The van der Waals surface area contributed by atoms with Crippen molar-refractivity contribution < 1.29 is 9.13 Å². The first-order valence-corrected chi connectivity index (χ1v) is 5.76. The largest absolute Gasteiger partial charge is 0.378 e. The van der Waals surface area contributed by atoms with Crippen LogP contribution >= 0.6 is 15.9 Å². The number of hydrogen-bond acceptors (Lipinski definition) is 2. The van der Waals surface area contributed by atoms with Crippen molar-refractivity contribution in [1.82, 2.24) is 0 Å². The monoisotopic (exact) mass is 273 g/mol. The zero-order valence-corrected chi connectivity index (χ0v) is 10.2. The normalized spacial score (nSPS) is 16.9. The third-order valence-corrected chi connectivity index (χ3v) is 3.00. The second kappa shape index (κ2) is 4.49. The second-order valence-electron chi connectivity index (χ2n) is 3.65. The molecule has 0 atom stereocenters. The SMILES string of the molecule is Cc1cc(Br)cc(F)c1N1CCOCC1. The van der Waals surface area contributed by atoms with Gasteiger partial charge in [0.1, 0.15) is 5.82 Å². The fourth-order valence-electron chi connectivity index (χ4n) is 1.88. The lowest BCUT2D eigenvalue weighted by Gasteiger charge is -2.30. The fourth-order valence-corrected chi connectivity index (χ4v) is 2.43. The molecule has 15 heavy (non-hydrogen) atoms. The molecule has 1 aromatic carbocycles. The summed E-state index contributed by atoms with van der Waals surface area (Å²) in [6.07, 6.45) is 0. The Hall–Kier alpha value is -0.610. The van der Waals surface area contributed by atoms with Gasteiger partial charge in [-0.05, 0) is 24.6 Å². The highest BCUT2D eigenvalue weighted by Crippen LogP contribution is 2.28. The molecule has 0 N–H and O–H groups in total. The van der Waals surface area contributed by atoms with Gasteiger partial charge in [-0.2, -0.15) is 0 Å². The van der Waals surface area contributed by atoms with E-state index in [2.05, 4.69) is 15.9 Å². The zero-order chi connectivity index (χ0) is 10.8. The minimum atomic E-state index is -0.163. The number of hydrogen-bond donors (Lipinski definition) is 0. The highest BCUT2D eigenvalue weighted by Gasteiger charge is 2.17. The highest BCUT2D eigenvalue weighted by molar-refractivity contribution is 9.10. The summed E-state index contributed by atoms with van der Waals surface area (Å²) >= 11 is 3.29. The zero-order valence-electron chi connectivity index (χ0n) is 8.59. The Morgan fingerprint density at radius 2 is 2.00 bits per heavy atom. The lowest BCUT2D eigenvalue weighted by atomic mass is 10.1. The van der Waals surface area contributed by atoms with Gasteiger partial charge in [0, 0.05) is 17.6 Å².